The molecule has 6 nitrogen and oxygen atoms in total. The van der Waals surface area contributed by atoms with Crippen LogP contribution in [0.5, 0.6) is 0 Å². The Labute approximate surface area is 137 Å². The van der Waals surface area contributed by atoms with Crippen molar-refractivity contribution in [3.05, 3.63) is 76.9 Å². The first-order chi connectivity index (χ1) is 11.8. The summed E-state index contributed by atoms with van der Waals surface area (Å²) < 4.78 is 5.49. The Morgan fingerprint density at radius 3 is 2.67 bits per heavy atom. The summed E-state index contributed by atoms with van der Waals surface area (Å²) in [4.78, 5) is 23.6. The first-order valence-corrected chi connectivity index (χ1v) is 7.52. The average Bonchev–Trinajstić information content (AvgIpc) is 3.10. The minimum atomic E-state index is -0.173. The summed E-state index contributed by atoms with van der Waals surface area (Å²) >= 11 is 0. The van der Waals surface area contributed by atoms with Crippen LogP contribution in [0.1, 0.15) is 5.69 Å². The lowest BCUT2D eigenvalue weighted by Gasteiger charge is -2.04. The molecule has 2 aromatic carbocycles. The Morgan fingerprint density at radius 1 is 1.00 bits per heavy atom. The second-order valence-electron chi connectivity index (χ2n) is 5.30. The van der Waals surface area contributed by atoms with Crippen LogP contribution in [0.4, 0.5) is 5.95 Å². The van der Waals surface area contributed by atoms with Gasteiger partial charge in [0.25, 0.3) is 5.56 Å². The highest BCUT2D eigenvalue weighted by Crippen LogP contribution is 2.18. The summed E-state index contributed by atoms with van der Waals surface area (Å²) in [7, 11) is 0. The van der Waals surface area contributed by atoms with Gasteiger partial charge in [-0.25, -0.2) is 9.97 Å². The van der Waals surface area contributed by atoms with Gasteiger partial charge >= 0.3 is 0 Å². The minimum Gasteiger partial charge on any atom is -0.444 e. The molecule has 4 rings (SSSR count). The molecule has 2 heterocycles. The highest BCUT2D eigenvalue weighted by atomic mass is 16.3. The molecule has 24 heavy (non-hydrogen) atoms. The Bertz CT molecular complexity index is 1040. The van der Waals surface area contributed by atoms with Crippen molar-refractivity contribution in [3.8, 4) is 11.5 Å². The zero-order chi connectivity index (χ0) is 16.4. The van der Waals surface area contributed by atoms with E-state index in [4.69, 9.17) is 4.42 Å². The molecule has 0 amide bonds. The van der Waals surface area contributed by atoms with E-state index in [2.05, 4.69) is 20.3 Å². The molecule has 0 bridgehead atoms. The zero-order valence-electron chi connectivity index (χ0n) is 12.7. The molecule has 4 aromatic rings. The maximum atomic E-state index is 12.0. The van der Waals surface area contributed by atoms with Crippen molar-refractivity contribution in [1.29, 1.82) is 0 Å². The second-order valence-corrected chi connectivity index (χ2v) is 5.30. The summed E-state index contributed by atoms with van der Waals surface area (Å²) in [6.07, 6.45) is 1.59. The highest BCUT2D eigenvalue weighted by Gasteiger charge is 2.07. The van der Waals surface area contributed by atoms with Crippen LogP contribution in [0.25, 0.3) is 22.4 Å². The van der Waals surface area contributed by atoms with Crippen LogP contribution in [0.3, 0.4) is 0 Å². The molecule has 2 N–H and O–H groups in total. The van der Waals surface area contributed by atoms with Crippen molar-refractivity contribution in [2.45, 2.75) is 6.54 Å². The number of anilines is 1. The van der Waals surface area contributed by atoms with Gasteiger partial charge < -0.3 is 9.73 Å². The van der Waals surface area contributed by atoms with E-state index in [9.17, 15) is 4.79 Å². The minimum absolute atomic E-state index is 0.173. The SMILES string of the molecule is O=c1[nH]c(NCc2coc(-c3ccccc3)n2)nc2ccccc12. The number of hydrogen-bond acceptors (Lipinski definition) is 5. The van der Waals surface area contributed by atoms with Crippen molar-refractivity contribution in [2.75, 3.05) is 5.32 Å². The monoisotopic (exact) mass is 318 g/mol. The summed E-state index contributed by atoms with van der Waals surface area (Å²) in [5, 5.41) is 3.64. The van der Waals surface area contributed by atoms with Crippen molar-refractivity contribution in [3.63, 3.8) is 0 Å². The third-order valence-corrected chi connectivity index (χ3v) is 3.62. The lowest BCUT2D eigenvalue weighted by Crippen LogP contribution is -2.13. The fourth-order valence-corrected chi connectivity index (χ4v) is 2.45. The smallest absolute Gasteiger partial charge is 0.260 e. The Hall–Kier alpha value is -3.41. The van der Waals surface area contributed by atoms with Crippen molar-refractivity contribution < 1.29 is 4.42 Å². The van der Waals surface area contributed by atoms with Gasteiger partial charge in [-0.1, -0.05) is 30.3 Å². The van der Waals surface area contributed by atoms with Crippen LogP contribution in [0.2, 0.25) is 0 Å². The maximum absolute atomic E-state index is 12.0. The van der Waals surface area contributed by atoms with E-state index in [1.165, 1.54) is 0 Å². The van der Waals surface area contributed by atoms with Crippen molar-refractivity contribution in [2.24, 2.45) is 0 Å². The molecule has 0 saturated heterocycles. The number of aromatic nitrogens is 3. The fraction of sp³-hybridized carbons (Fsp3) is 0.0556. The van der Waals surface area contributed by atoms with E-state index in [1.54, 1.807) is 18.4 Å². The van der Waals surface area contributed by atoms with E-state index in [0.29, 0.717) is 29.3 Å². The molecule has 0 atom stereocenters. The van der Waals surface area contributed by atoms with Gasteiger partial charge in [-0.2, -0.15) is 0 Å². The molecule has 0 unspecified atom stereocenters. The van der Waals surface area contributed by atoms with E-state index in [0.717, 1.165) is 11.3 Å². The molecular formula is C18H14N4O2. The zero-order valence-corrected chi connectivity index (χ0v) is 12.7. The summed E-state index contributed by atoms with van der Waals surface area (Å²) in [5.74, 6) is 0.968. The standard InChI is InChI=1S/C18H14N4O2/c23-16-14-8-4-5-9-15(14)21-18(22-16)19-10-13-11-24-17(20-13)12-6-2-1-3-7-12/h1-9,11H,10H2,(H2,19,21,22,23). The van der Waals surface area contributed by atoms with Gasteiger partial charge in [0, 0.05) is 5.56 Å². The highest BCUT2D eigenvalue weighted by molar-refractivity contribution is 5.78. The number of fused-ring (bicyclic) bond motifs is 1. The Kier molecular flexibility index (Phi) is 3.55. The lowest BCUT2D eigenvalue weighted by atomic mass is 10.2. The number of para-hydroxylation sites is 1. The van der Waals surface area contributed by atoms with Gasteiger partial charge in [-0.3, -0.25) is 9.78 Å². The molecule has 0 saturated carbocycles. The van der Waals surface area contributed by atoms with Crippen LogP contribution >= 0.6 is 0 Å². The molecule has 0 radical (unpaired) electrons. The average molecular weight is 318 g/mol. The van der Waals surface area contributed by atoms with Gasteiger partial charge in [0.1, 0.15) is 6.26 Å². The van der Waals surface area contributed by atoms with Crippen LogP contribution in [0, 0.1) is 0 Å². The fourth-order valence-electron chi connectivity index (χ4n) is 2.45. The molecule has 0 spiro atoms. The van der Waals surface area contributed by atoms with Gasteiger partial charge in [0.05, 0.1) is 23.1 Å². The van der Waals surface area contributed by atoms with Crippen LogP contribution in [0.15, 0.2) is 70.1 Å². The van der Waals surface area contributed by atoms with E-state index >= 15 is 0 Å². The largest absolute Gasteiger partial charge is 0.444 e. The predicted octanol–water partition coefficient (Wildman–Crippen LogP) is 3.19. The number of rotatable bonds is 4. The topological polar surface area (TPSA) is 83.8 Å². The maximum Gasteiger partial charge on any atom is 0.260 e. The summed E-state index contributed by atoms with van der Waals surface area (Å²) in [6, 6.07) is 16.9. The molecular weight excluding hydrogens is 304 g/mol. The number of benzene rings is 2. The van der Waals surface area contributed by atoms with Crippen LogP contribution in [-0.2, 0) is 6.54 Å². The lowest BCUT2D eigenvalue weighted by molar-refractivity contribution is 0.573. The number of H-pyrrole nitrogens is 1. The molecule has 0 aliphatic carbocycles. The van der Waals surface area contributed by atoms with Crippen LogP contribution in [-0.4, -0.2) is 15.0 Å². The number of oxazole rings is 1. The normalized spacial score (nSPS) is 10.8. The predicted molar refractivity (Wildman–Crippen MR) is 91.6 cm³/mol. The van der Waals surface area contributed by atoms with Crippen molar-refractivity contribution >= 4 is 16.9 Å². The quantitative estimate of drug-likeness (QED) is 0.604. The van der Waals surface area contributed by atoms with Gasteiger partial charge in [0.15, 0.2) is 0 Å². The molecule has 2 aromatic heterocycles. The van der Waals surface area contributed by atoms with Gasteiger partial charge in [-0.05, 0) is 24.3 Å². The molecule has 0 fully saturated rings. The molecule has 6 heteroatoms. The van der Waals surface area contributed by atoms with E-state index in [1.807, 2.05) is 42.5 Å². The Balaban J connectivity index is 1.53. The first-order valence-electron chi connectivity index (χ1n) is 7.52. The van der Waals surface area contributed by atoms with Crippen LogP contribution < -0.4 is 10.9 Å². The summed E-state index contributed by atoms with van der Waals surface area (Å²) in [6.45, 7) is 0.400. The molecule has 0 aliphatic heterocycles. The van der Waals surface area contributed by atoms with E-state index in [-0.39, 0.29) is 5.56 Å². The number of nitrogens with one attached hydrogen (secondary N) is 2. The molecule has 118 valence electrons. The second kappa shape index (κ2) is 6.00. The third kappa shape index (κ3) is 2.77. The van der Waals surface area contributed by atoms with Gasteiger partial charge in [-0.15, -0.1) is 0 Å². The number of aromatic amines is 1. The number of hydrogen-bond donors (Lipinski definition) is 2. The summed E-state index contributed by atoms with van der Waals surface area (Å²) in [5.41, 5.74) is 2.12. The number of nitrogens with zero attached hydrogens (tertiary/aromatic N) is 2. The van der Waals surface area contributed by atoms with Crippen molar-refractivity contribution in [1.82, 2.24) is 15.0 Å². The van der Waals surface area contributed by atoms with Gasteiger partial charge in [0.2, 0.25) is 11.8 Å². The van der Waals surface area contributed by atoms with E-state index < -0.39 is 0 Å². The first kappa shape index (κ1) is 14.2. The third-order valence-electron chi connectivity index (χ3n) is 3.62. The molecule has 0 aliphatic rings. The Morgan fingerprint density at radius 2 is 1.79 bits per heavy atom.